The molecule has 3 nitrogen and oxygen atoms in total. The maximum absolute atomic E-state index is 11.8. The Labute approximate surface area is 224 Å². The first kappa shape index (κ1) is 31.4. The Kier molecular flexibility index (Phi) is 16.8. The smallest absolute Gasteiger partial charge is 0.333 e. The highest BCUT2D eigenvalue weighted by Crippen LogP contribution is 2.57. The molecule has 0 heterocycles. The summed E-state index contributed by atoms with van der Waals surface area (Å²) >= 11 is 0. The first-order valence-corrected chi connectivity index (χ1v) is 16.0. The van der Waals surface area contributed by atoms with Gasteiger partial charge in [0.05, 0.1) is 13.2 Å². The molecule has 2 saturated carbocycles. The molecule has 3 atom stereocenters. The van der Waals surface area contributed by atoms with Gasteiger partial charge in [-0.2, -0.15) is 0 Å². The number of hydrogen-bond donors (Lipinski definition) is 0. The van der Waals surface area contributed by atoms with Gasteiger partial charge in [0.25, 0.3) is 0 Å². The van der Waals surface area contributed by atoms with Crippen LogP contribution in [0.1, 0.15) is 155 Å². The molecule has 0 aromatic carbocycles. The van der Waals surface area contributed by atoms with Crippen LogP contribution < -0.4 is 0 Å². The SMILES string of the molecule is C=C(C)C(=O)OCC1CC2CCC1(COCCCCCCCCCCCCCCCCCCCC)C2. The van der Waals surface area contributed by atoms with Crippen molar-refractivity contribution in [3.05, 3.63) is 12.2 Å². The quantitative estimate of drug-likeness (QED) is 0.0745. The highest BCUT2D eigenvalue weighted by atomic mass is 16.5. The van der Waals surface area contributed by atoms with Crippen molar-refractivity contribution >= 4 is 5.97 Å². The van der Waals surface area contributed by atoms with Gasteiger partial charge in [-0.3, -0.25) is 0 Å². The van der Waals surface area contributed by atoms with Crippen molar-refractivity contribution < 1.29 is 14.3 Å². The van der Waals surface area contributed by atoms with Gasteiger partial charge in [-0.15, -0.1) is 0 Å². The topological polar surface area (TPSA) is 35.5 Å². The van der Waals surface area contributed by atoms with E-state index in [2.05, 4.69) is 13.5 Å². The molecule has 0 aromatic heterocycles. The summed E-state index contributed by atoms with van der Waals surface area (Å²) in [6.45, 7) is 10.0. The Balaban J connectivity index is 1.34. The summed E-state index contributed by atoms with van der Waals surface area (Å²) in [7, 11) is 0. The molecule has 0 spiro atoms. The van der Waals surface area contributed by atoms with Gasteiger partial charge in [-0.1, -0.05) is 123 Å². The molecule has 2 fully saturated rings. The third kappa shape index (κ3) is 12.6. The summed E-state index contributed by atoms with van der Waals surface area (Å²) in [5.41, 5.74) is 0.756. The Hall–Kier alpha value is -0.830. The standard InChI is InChI=1S/C33H60O3/c1-4-5-6-7-8-9-10-11-12-13-14-15-16-17-18-19-20-21-24-35-28-33-23-22-30(26-33)25-31(33)27-36-32(34)29(2)3/h30-31H,2,4-28H2,1,3H3. The van der Waals surface area contributed by atoms with Crippen molar-refractivity contribution in [2.24, 2.45) is 17.3 Å². The van der Waals surface area contributed by atoms with Crippen LogP contribution in [-0.4, -0.2) is 25.8 Å². The van der Waals surface area contributed by atoms with Crippen molar-refractivity contribution in [2.45, 2.75) is 155 Å². The molecule has 2 aliphatic rings. The van der Waals surface area contributed by atoms with Crippen LogP contribution >= 0.6 is 0 Å². The first-order chi connectivity index (χ1) is 17.6. The Morgan fingerprint density at radius 1 is 0.806 bits per heavy atom. The predicted molar refractivity (Wildman–Crippen MR) is 153 cm³/mol. The molecule has 2 rings (SSSR count). The second kappa shape index (κ2) is 19.3. The van der Waals surface area contributed by atoms with Crippen molar-refractivity contribution in [2.75, 3.05) is 19.8 Å². The van der Waals surface area contributed by atoms with E-state index < -0.39 is 0 Å². The van der Waals surface area contributed by atoms with Crippen molar-refractivity contribution in [1.29, 1.82) is 0 Å². The van der Waals surface area contributed by atoms with Gasteiger partial charge in [0.1, 0.15) is 0 Å². The fraction of sp³-hybridized carbons (Fsp3) is 0.909. The molecule has 210 valence electrons. The lowest BCUT2D eigenvalue weighted by atomic mass is 9.76. The van der Waals surface area contributed by atoms with Crippen LogP contribution in [0.25, 0.3) is 0 Å². The Bertz CT molecular complexity index is 585. The van der Waals surface area contributed by atoms with Gasteiger partial charge < -0.3 is 9.47 Å². The zero-order chi connectivity index (χ0) is 25.9. The first-order valence-electron chi connectivity index (χ1n) is 16.0. The van der Waals surface area contributed by atoms with Crippen LogP contribution in [0.15, 0.2) is 12.2 Å². The molecule has 2 aliphatic carbocycles. The molecule has 2 bridgehead atoms. The average Bonchev–Trinajstić information content (AvgIpc) is 3.44. The molecule has 0 saturated heterocycles. The van der Waals surface area contributed by atoms with Gasteiger partial charge in [0.15, 0.2) is 0 Å². The number of carbonyl (C=O) groups excluding carboxylic acids is 1. The molecule has 0 aliphatic heterocycles. The molecule has 3 heteroatoms. The fourth-order valence-electron chi connectivity index (χ4n) is 6.67. The molecule has 0 N–H and O–H groups in total. The Morgan fingerprint density at radius 2 is 1.31 bits per heavy atom. The fourth-order valence-corrected chi connectivity index (χ4v) is 6.67. The van der Waals surface area contributed by atoms with E-state index in [1.54, 1.807) is 6.92 Å². The lowest BCUT2D eigenvalue weighted by Crippen LogP contribution is -2.34. The number of ether oxygens (including phenoxy) is 2. The van der Waals surface area contributed by atoms with Crippen molar-refractivity contribution in [3.63, 3.8) is 0 Å². The van der Waals surface area contributed by atoms with E-state index in [1.165, 1.54) is 141 Å². The van der Waals surface area contributed by atoms with E-state index in [4.69, 9.17) is 9.47 Å². The van der Waals surface area contributed by atoms with Crippen LogP contribution in [0.4, 0.5) is 0 Å². The summed E-state index contributed by atoms with van der Waals surface area (Å²) < 4.78 is 11.7. The van der Waals surface area contributed by atoms with E-state index in [1.807, 2.05) is 0 Å². The van der Waals surface area contributed by atoms with E-state index >= 15 is 0 Å². The minimum Gasteiger partial charge on any atom is -0.462 e. The minimum absolute atomic E-state index is 0.243. The minimum atomic E-state index is -0.243. The van der Waals surface area contributed by atoms with Crippen molar-refractivity contribution in [3.8, 4) is 0 Å². The molecule has 36 heavy (non-hydrogen) atoms. The summed E-state index contributed by atoms with van der Waals surface area (Å²) in [5, 5.41) is 0. The molecule has 0 radical (unpaired) electrons. The largest absolute Gasteiger partial charge is 0.462 e. The van der Waals surface area contributed by atoms with E-state index in [0.29, 0.717) is 18.1 Å². The lowest BCUT2D eigenvalue weighted by Gasteiger charge is -2.34. The monoisotopic (exact) mass is 504 g/mol. The van der Waals surface area contributed by atoms with Crippen LogP contribution in [0.3, 0.4) is 0 Å². The van der Waals surface area contributed by atoms with E-state index in [-0.39, 0.29) is 11.4 Å². The molecule has 0 amide bonds. The van der Waals surface area contributed by atoms with Crippen LogP contribution in [0.5, 0.6) is 0 Å². The van der Waals surface area contributed by atoms with Gasteiger partial charge in [0, 0.05) is 23.5 Å². The van der Waals surface area contributed by atoms with E-state index in [0.717, 1.165) is 19.1 Å². The number of rotatable bonds is 24. The molecular weight excluding hydrogens is 444 g/mol. The van der Waals surface area contributed by atoms with Crippen LogP contribution in [0.2, 0.25) is 0 Å². The second-order valence-electron chi connectivity index (χ2n) is 12.3. The number of fused-ring (bicyclic) bond motifs is 2. The Morgan fingerprint density at radius 3 is 1.78 bits per heavy atom. The second-order valence-corrected chi connectivity index (χ2v) is 12.3. The number of unbranched alkanes of at least 4 members (excludes halogenated alkanes) is 17. The average molecular weight is 505 g/mol. The number of carbonyl (C=O) groups is 1. The summed E-state index contributed by atoms with van der Waals surface area (Å²) in [5.74, 6) is 1.04. The highest BCUT2D eigenvalue weighted by Gasteiger charge is 2.52. The van der Waals surface area contributed by atoms with Crippen LogP contribution in [-0.2, 0) is 14.3 Å². The maximum Gasteiger partial charge on any atom is 0.333 e. The molecular formula is C33H60O3. The van der Waals surface area contributed by atoms with Crippen molar-refractivity contribution in [1.82, 2.24) is 0 Å². The zero-order valence-corrected chi connectivity index (χ0v) is 24.3. The predicted octanol–water partition coefficient (Wildman–Crippen LogP) is 9.97. The van der Waals surface area contributed by atoms with Gasteiger partial charge in [-0.25, -0.2) is 4.79 Å². The maximum atomic E-state index is 11.8. The highest BCUT2D eigenvalue weighted by molar-refractivity contribution is 5.86. The normalized spacial score (nSPS) is 22.8. The molecule has 0 aromatic rings. The number of hydrogen-bond acceptors (Lipinski definition) is 3. The molecule has 3 unspecified atom stereocenters. The van der Waals surface area contributed by atoms with E-state index in [9.17, 15) is 4.79 Å². The van der Waals surface area contributed by atoms with Crippen LogP contribution in [0, 0.1) is 17.3 Å². The summed E-state index contributed by atoms with van der Waals surface area (Å²) in [4.78, 5) is 11.8. The third-order valence-corrected chi connectivity index (χ3v) is 9.03. The summed E-state index contributed by atoms with van der Waals surface area (Å²) in [6.07, 6.45) is 30.4. The van der Waals surface area contributed by atoms with Gasteiger partial charge in [0.2, 0.25) is 0 Å². The summed E-state index contributed by atoms with van der Waals surface area (Å²) in [6, 6.07) is 0. The lowest BCUT2D eigenvalue weighted by molar-refractivity contribution is -0.142. The zero-order valence-electron chi connectivity index (χ0n) is 24.3. The van der Waals surface area contributed by atoms with Gasteiger partial charge >= 0.3 is 5.97 Å². The third-order valence-electron chi connectivity index (χ3n) is 9.03. The van der Waals surface area contributed by atoms with Gasteiger partial charge in [-0.05, 0) is 44.9 Å². The number of esters is 1.